The number of likely N-dealkylation sites (N-methyl/N-ethyl adjacent to an activating group) is 1. The summed E-state index contributed by atoms with van der Waals surface area (Å²) in [6.45, 7) is 6.44. The number of nitrogens with one attached hydrogen (secondary N) is 2. The van der Waals surface area contributed by atoms with Crippen LogP contribution in [0.3, 0.4) is 0 Å². The number of carbonyl (C=O) groups is 3. The molecule has 206 valence electrons. The highest BCUT2D eigenvalue weighted by atomic mass is 19.1. The summed E-state index contributed by atoms with van der Waals surface area (Å²) >= 11 is 0. The first-order valence-electron chi connectivity index (χ1n) is 12.9. The molecule has 2 aromatic rings. The third-order valence-electron chi connectivity index (χ3n) is 6.69. The zero-order valence-corrected chi connectivity index (χ0v) is 22.0. The van der Waals surface area contributed by atoms with E-state index in [1.165, 1.54) is 15.4 Å². The van der Waals surface area contributed by atoms with Gasteiger partial charge in [-0.3, -0.25) is 14.4 Å². The van der Waals surface area contributed by atoms with Gasteiger partial charge in [0.05, 0.1) is 12.1 Å². The highest BCUT2D eigenvalue weighted by Crippen LogP contribution is 2.14. The summed E-state index contributed by atoms with van der Waals surface area (Å²) in [5.74, 6) is -3.54. The van der Waals surface area contributed by atoms with Gasteiger partial charge in [-0.2, -0.15) is 0 Å². The summed E-state index contributed by atoms with van der Waals surface area (Å²) in [5, 5.41) is 16.8. The molecule has 2 aromatic carbocycles. The van der Waals surface area contributed by atoms with Crippen LogP contribution in [0.25, 0.3) is 0 Å². The Kier molecular flexibility index (Phi) is 10.3. The zero-order valence-electron chi connectivity index (χ0n) is 22.0. The minimum absolute atomic E-state index is 0.0402. The molecular formula is C28H36F2N4O4. The van der Waals surface area contributed by atoms with Crippen LogP contribution >= 0.6 is 0 Å². The van der Waals surface area contributed by atoms with Crippen molar-refractivity contribution in [2.24, 2.45) is 0 Å². The topological polar surface area (TPSA) is 102 Å². The number of hydrogen-bond donors (Lipinski definition) is 3. The molecule has 1 heterocycles. The van der Waals surface area contributed by atoms with Crippen molar-refractivity contribution in [1.29, 1.82) is 0 Å². The molecule has 0 aliphatic carbocycles. The molecule has 0 spiro atoms. The Morgan fingerprint density at radius 1 is 1.05 bits per heavy atom. The lowest BCUT2D eigenvalue weighted by atomic mass is 10.0. The average Bonchev–Trinajstić information content (AvgIpc) is 2.86. The minimum Gasteiger partial charge on any atom is -0.390 e. The van der Waals surface area contributed by atoms with Crippen molar-refractivity contribution in [1.82, 2.24) is 20.4 Å². The van der Waals surface area contributed by atoms with E-state index in [0.717, 1.165) is 30.2 Å². The summed E-state index contributed by atoms with van der Waals surface area (Å²) < 4.78 is 27.6. The van der Waals surface area contributed by atoms with Gasteiger partial charge in [-0.1, -0.05) is 31.2 Å². The Morgan fingerprint density at radius 3 is 2.39 bits per heavy atom. The zero-order chi connectivity index (χ0) is 27.8. The number of aliphatic hydroxyl groups excluding tert-OH is 1. The first-order valence-corrected chi connectivity index (χ1v) is 12.9. The van der Waals surface area contributed by atoms with Crippen LogP contribution in [0.4, 0.5) is 8.78 Å². The molecule has 38 heavy (non-hydrogen) atoms. The fraction of sp³-hybridized carbons (Fsp3) is 0.464. The lowest BCUT2D eigenvalue weighted by molar-refractivity contribution is -0.159. The highest BCUT2D eigenvalue weighted by Gasteiger charge is 2.37. The maximum atomic E-state index is 13.8. The monoisotopic (exact) mass is 530 g/mol. The van der Waals surface area contributed by atoms with E-state index in [0.29, 0.717) is 13.1 Å². The Labute approximate surface area is 222 Å². The SMILES string of the molecule is CCc1cccc(CNC[C@H](O)[C@H](Cc2cc(F)cc(F)c2)NC(=O)CN2C[C@H](C)N(CC)C(=O)C2=O)c1. The molecule has 3 atom stereocenters. The molecule has 0 saturated carbocycles. The van der Waals surface area contributed by atoms with E-state index >= 15 is 0 Å². The molecule has 1 fully saturated rings. The molecule has 3 rings (SSSR count). The number of benzene rings is 2. The van der Waals surface area contributed by atoms with E-state index in [9.17, 15) is 28.3 Å². The molecule has 1 aliphatic rings. The van der Waals surface area contributed by atoms with Gasteiger partial charge in [0.2, 0.25) is 5.91 Å². The van der Waals surface area contributed by atoms with Crippen LogP contribution in [-0.2, 0) is 33.8 Å². The molecule has 3 amide bonds. The second-order valence-corrected chi connectivity index (χ2v) is 9.65. The maximum Gasteiger partial charge on any atom is 0.312 e. The van der Waals surface area contributed by atoms with Crippen molar-refractivity contribution in [2.75, 3.05) is 26.2 Å². The van der Waals surface area contributed by atoms with Crippen LogP contribution in [0.15, 0.2) is 42.5 Å². The van der Waals surface area contributed by atoms with Crippen molar-refractivity contribution < 1.29 is 28.3 Å². The lowest BCUT2D eigenvalue weighted by Gasteiger charge is -2.38. The van der Waals surface area contributed by atoms with E-state index in [2.05, 4.69) is 23.6 Å². The maximum absolute atomic E-state index is 13.8. The number of piperazine rings is 1. The molecule has 1 aliphatic heterocycles. The predicted molar refractivity (Wildman–Crippen MR) is 139 cm³/mol. The fourth-order valence-corrected chi connectivity index (χ4v) is 4.71. The quantitative estimate of drug-likeness (QED) is 0.363. The molecule has 0 bridgehead atoms. The van der Waals surface area contributed by atoms with Crippen LogP contribution in [0.5, 0.6) is 0 Å². The summed E-state index contributed by atoms with van der Waals surface area (Å²) in [7, 11) is 0. The van der Waals surface area contributed by atoms with Gasteiger partial charge in [-0.15, -0.1) is 0 Å². The summed E-state index contributed by atoms with van der Waals surface area (Å²) in [5.41, 5.74) is 2.48. The summed E-state index contributed by atoms with van der Waals surface area (Å²) in [4.78, 5) is 40.4. The van der Waals surface area contributed by atoms with Gasteiger partial charge in [0.25, 0.3) is 0 Å². The normalized spacial score (nSPS) is 17.5. The van der Waals surface area contributed by atoms with Crippen molar-refractivity contribution in [3.63, 3.8) is 0 Å². The fourth-order valence-electron chi connectivity index (χ4n) is 4.71. The predicted octanol–water partition coefficient (Wildman–Crippen LogP) is 1.78. The van der Waals surface area contributed by atoms with Gasteiger partial charge in [0.15, 0.2) is 0 Å². The summed E-state index contributed by atoms with van der Waals surface area (Å²) in [6, 6.07) is 9.90. The largest absolute Gasteiger partial charge is 0.390 e. The van der Waals surface area contributed by atoms with Crippen molar-refractivity contribution in [3.8, 4) is 0 Å². The minimum atomic E-state index is -1.10. The third-order valence-corrected chi connectivity index (χ3v) is 6.69. The van der Waals surface area contributed by atoms with E-state index in [-0.39, 0.29) is 37.7 Å². The van der Waals surface area contributed by atoms with Crippen molar-refractivity contribution in [3.05, 3.63) is 70.8 Å². The number of hydrogen-bond acceptors (Lipinski definition) is 5. The van der Waals surface area contributed by atoms with Gasteiger partial charge in [0.1, 0.15) is 18.2 Å². The molecular weight excluding hydrogens is 494 g/mol. The second kappa shape index (κ2) is 13.4. The van der Waals surface area contributed by atoms with Gasteiger partial charge in [0, 0.05) is 38.3 Å². The smallest absolute Gasteiger partial charge is 0.312 e. The van der Waals surface area contributed by atoms with Gasteiger partial charge in [-0.25, -0.2) is 8.78 Å². The van der Waals surface area contributed by atoms with E-state index in [1.54, 1.807) is 13.8 Å². The van der Waals surface area contributed by atoms with E-state index < -0.39 is 41.5 Å². The molecule has 8 nitrogen and oxygen atoms in total. The first kappa shape index (κ1) is 29.2. The number of carbonyl (C=O) groups excluding carboxylic acids is 3. The summed E-state index contributed by atoms with van der Waals surface area (Å²) in [6.07, 6.45) is -0.246. The lowest BCUT2D eigenvalue weighted by Crippen LogP contribution is -2.60. The molecule has 10 heteroatoms. The number of rotatable bonds is 12. The number of halogens is 2. The average molecular weight is 531 g/mol. The number of nitrogens with zero attached hydrogens (tertiary/aromatic N) is 2. The van der Waals surface area contributed by atoms with Crippen LogP contribution in [0.1, 0.15) is 37.5 Å². The van der Waals surface area contributed by atoms with Crippen molar-refractivity contribution >= 4 is 17.7 Å². The van der Waals surface area contributed by atoms with Crippen LogP contribution in [0, 0.1) is 11.6 Å². The first-order chi connectivity index (χ1) is 18.1. The van der Waals surface area contributed by atoms with Crippen LogP contribution in [-0.4, -0.2) is 77.0 Å². The van der Waals surface area contributed by atoms with Crippen molar-refractivity contribution in [2.45, 2.75) is 58.3 Å². The molecule has 0 radical (unpaired) electrons. The number of aliphatic hydroxyl groups is 1. The molecule has 0 aromatic heterocycles. The van der Waals surface area contributed by atoms with Gasteiger partial charge in [-0.05, 0) is 55.5 Å². The Hall–Kier alpha value is -3.37. The molecule has 1 saturated heterocycles. The Balaban J connectivity index is 1.67. The molecule has 0 unspecified atom stereocenters. The van der Waals surface area contributed by atoms with Gasteiger partial charge < -0.3 is 25.5 Å². The Morgan fingerprint density at radius 2 is 1.74 bits per heavy atom. The Bertz CT molecular complexity index is 1130. The van der Waals surface area contributed by atoms with Crippen LogP contribution < -0.4 is 10.6 Å². The van der Waals surface area contributed by atoms with E-state index in [4.69, 9.17) is 0 Å². The van der Waals surface area contributed by atoms with E-state index in [1.807, 2.05) is 18.2 Å². The molecule has 3 N–H and O–H groups in total. The second-order valence-electron chi connectivity index (χ2n) is 9.65. The number of aryl methyl sites for hydroxylation is 1. The third kappa shape index (κ3) is 7.82. The highest BCUT2D eigenvalue weighted by molar-refractivity contribution is 6.35. The standard InChI is InChI=1S/C28H36F2N4O4/c1-4-19-7-6-8-20(9-19)14-31-15-25(35)24(12-21-10-22(29)13-23(30)11-21)32-26(36)17-33-16-18(3)34(5-2)28(38)27(33)37/h6-11,13,18,24-25,31,35H,4-5,12,14-17H2,1-3H3,(H,32,36)/t18-,24-,25-/m0/s1. The van der Waals surface area contributed by atoms with Crippen LogP contribution in [0.2, 0.25) is 0 Å². The van der Waals surface area contributed by atoms with Gasteiger partial charge >= 0.3 is 11.8 Å². The number of amides is 3.